The number of benzene rings is 2. The quantitative estimate of drug-likeness (QED) is 0.342. The minimum absolute atomic E-state index is 0.194. The molecule has 0 unspecified atom stereocenters. The molecule has 0 radical (unpaired) electrons. The normalized spacial score (nSPS) is 18.6. The predicted molar refractivity (Wildman–Crippen MR) is 170 cm³/mol. The Balaban J connectivity index is 1.44. The first kappa shape index (κ1) is 32.1. The minimum Gasteiger partial charge on any atom is -0.379 e. The summed E-state index contributed by atoms with van der Waals surface area (Å²) in [6.45, 7) is 10.9. The van der Waals surface area contributed by atoms with Gasteiger partial charge in [0, 0.05) is 57.1 Å². The molecule has 2 fully saturated rings. The standard InChI is InChI=1S/C34H47FN6O3/c1-34(2,3)31(32-37-30(27-12-8-5-9-13-27)25-39(32)23-26-10-6-4-7-11-26)41(24-28(35)22-36)33(42)44-40-16-14-29(15-17-40)38-18-20-43-21-19-38/h4-13,25,28-29,31H,14-24,36H2,1-3H3/t28-,31+/m1/s1. The van der Waals surface area contributed by atoms with Gasteiger partial charge in [-0.1, -0.05) is 81.4 Å². The molecular formula is C34H47FN6O3. The molecule has 238 valence electrons. The molecule has 44 heavy (non-hydrogen) atoms. The lowest BCUT2D eigenvalue weighted by Crippen LogP contribution is -2.51. The first-order chi connectivity index (χ1) is 21.2. The average Bonchev–Trinajstić information content (AvgIpc) is 3.44. The summed E-state index contributed by atoms with van der Waals surface area (Å²) in [5, 5.41) is 1.73. The van der Waals surface area contributed by atoms with Gasteiger partial charge in [-0.15, -0.1) is 5.06 Å². The Morgan fingerprint density at radius 3 is 2.30 bits per heavy atom. The summed E-state index contributed by atoms with van der Waals surface area (Å²) < 4.78 is 22.7. The average molecular weight is 607 g/mol. The van der Waals surface area contributed by atoms with Crippen molar-refractivity contribution in [2.75, 3.05) is 52.5 Å². The van der Waals surface area contributed by atoms with Crippen molar-refractivity contribution >= 4 is 6.09 Å². The van der Waals surface area contributed by atoms with E-state index in [0.717, 1.165) is 56.0 Å². The zero-order valence-corrected chi connectivity index (χ0v) is 26.3. The van der Waals surface area contributed by atoms with E-state index in [1.807, 2.05) is 75.5 Å². The number of carbonyl (C=O) groups is 1. The van der Waals surface area contributed by atoms with Crippen LogP contribution < -0.4 is 5.73 Å². The molecule has 0 saturated carbocycles. The molecule has 2 aromatic carbocycles. The molecule has 2 N–H and O–H groups in total. The van der Waals surface area contributed by atoms with Crippen molar-refractivity contribution < 1.29 is 18.8 Å². The van der Waals surface area contributed by atoms with Gasteiger partial charge in [-0.25, -0.2) is 14.2 Å². The summed E-state index contributed by atoms with van der Waals surface area (Å²) in [6, 6.07) is 20.0. The number of amides is 1. The van der Waals surface area contributed by atoms with Gasteiger partial charge in [0.15, 0.2) is 0 Å². The number of nitrogens with two attached hydrogens (primary N) is 1. The molecule has 10 heteroatoms. The lowest BCUT2D eigenvalue weighted by molar-refractivity contribution is -0.141. The second-order valence-electron chi connectivity index (χ2n) is 12.9. The van der Waals surface area contributed by atoms with E-state index >= 15 is 4.39 Å². The van der Waals surface area contributed by atoms with Gasteiger partial charge in [-0.05, 0) is 23.8 Å². The van der Waals surface area contributed by atoms with Gasteiger partial charge in [-0.3, -0.25) is 9.80 Å². The Morgan fingerprint density at radius 2 is 1.68 bits per heavy atom. The number of nitrogens with zero attached hydrogens (tertiary/aromatic N) is 5. The van der Waals surface area contributed by atoms with E-state index in [-0.39, 0.29) is 13.1 Å². The second-order valence-corrected chi connectivity index (χ2v) is 12.9. The van der Waals surface area contributed by atoms with Crippen LogP contribution in [-0.4, -0.2) is 95.2 Å². The highest BCUT2D eigenvalue weighted by molar-refractivity contribution is 5.68. The highest BCUT2D eigenvalue weighted by atomic mass is 19.1. The number of hydrogen-bond acceptors (Lipinski definition) is 7. The molecule has 1 aromatic heterocycles. The summed E-state index contributed by atoms with van der Waals surface area (Å²) >= 11 is 0. The van der Waals surface area contributed by atoms with Gasteiger partial charge in [0.2, 0.25) is 0 Å². The molecule has 0 spiro atoms. The largest absolute Gasteiger partial charge is 0.429 e. The van der Waals surface area contributed by atoms with Crippen LogP contribution in [-0.2, 0) is 16.1 Å². The van der Waals surface area contributed by atoms with Gasteiger partial charge in [-0.2, -0.15) is 0 Å². The summed E-state index contributed by atoms with van der Waals surface area (Å²) in [5.41, 5.74) is 8.10. The number of carbonyl (C=O) groups excluding carboxylic acids is 1. The number of ether oxygens (including phenoxy) is 1. The van der Waals surface area contributed by atoms with Crippen LogP contribution in [0.1, 0.15) is 51.0 Å². The van der Waals surface area contributed by atoms with E-state index in [4.69, 9.17) is 20.3 Å². The molecule has 2 atom stereocenters. The van der Waals surface area contributed by atoms with Crippen LogP contribution in [0.4, 0.5) is 9.18 Å². The third-order valence-corrected chi connectivity index (χ3v) is 8.53. The second kappa shape index (κ2) is 14.6. The third kappa shape index (κ3) is 8.04. The van der Waals surface area contributed by atoms with Crippen LogP contribution in [0.15, 0.2) is 66.9 Å². The molecule has 0 bridgehead atoms. The molecule has 3 aromatic rings. The maximum atomic E-state index is 15.1. The Morgan fingerprint density at radius 1 is 1.05 bits per heavy atom. The molecule has 2 saturated heterocycles. The first-order valence-corrected chi connectivity index (χ1v) is 15.8. The van der Waals surface area contributed by atoms with Crippen LogP contribution >= 0.6 is 0 Å². The van der Waals surface area contributed by atoms with Crippen molar-refractivity contribution in [3.63, 3.8) is 0 Å². The fourth-order valence-electron chi connectivity index (χ4n) is 6.27. The maximum absolute atomic E-state index is 15.1. The fourth-order valence-corrected chi connectivity index (χ4v) is 6.27. The molecule has 3 heterocycles. The Bertz CT molecular complexity index is 1320. The molecule has 9 nitrogen and oxygen atoms in total. The molecule has 5 rings (SSSR count). The van der Waals surface area contributed by atoms with Gasteiger partial charge in [0.05, 0.1) is 31.5 Å². The van der Waals surface area contributed by atoms with Crippen LogP contribution in [0.2, 0.25) is 0 Å². The van der Waals surface area contributed by atoms with E-state index in [1.54, 1.807) is 5.06 Å². The van der Waals surface area contributed by atoms with Crippen molar-refractivity contribution in [3.8, 4) is 11.3 Å². The SMILES string of the molecule is CC(C)(C)[C@H](c1nc(-c2ccccc2)cn1Cc1ccccc1)N(C[C@H](F)CN)C(=O)ON1CCC(N2CCOCC2)CC1. The number of imidazole rings is 1. The van der Waals surface area contributed by atoms with Crippen molar-refractivity contribution in [2.24, 2.45) is 11.1 Å². The van der Waals surface area contributed by atoms with Gasteiger partial charge < -0.3 is 19.9 Å². The highest BCUT2D eigenvalue weighted by Gasteiger charge is 2.41. The van der Waals surface area contributed by atoms with Gasteiger partial charge in [0.25, 0.3) is 0 Å². The topological polar surface area (TPSA) is 89.1 Å². The maximum Gasteiger partial charge on any atom is 0.429 e. The number of rotatable bonds is 10. The minimum atomic E-state index is -1.41. The zero-order valence-electron chi connectivity index (χ0n) is 26.3. The van der Waals surface area contributed by atoms with Crippen molar-refractivity contribution in [1.82, 2.24) is 24.4 Å². The molecule has 1 amide bonds. The Labute approximate surface area is 260 Å². The van der Waals surface area contributed by atoms with E-state index in [1.165, 1.54) is 4.90 Å². The van der Waals surface area contributed by atoms with Gasteiger partial charge in [0.1, 0.15) is 12.0 Å². The third-order valence-electron chi connectivity index (χ3n) is 8.53. The van der Waals surface area contributed by atoms with Crippen molar-refractivity contribution in [3.05, 3.63) is 78.2 Å². The highest BCUT2D eigenvalue weighted by Crippen LogP contribution is 2.40. The Kier molecular flexibility index (Phi) is 10.7. The van der Waals surface area contributed by atoms with E-state index in [2.05, 4.69) is 21.6 Å². The monoisotopic (exact) mass is 606 g/mol. The number of hydroxylamine groups is 2. The molecule has 0 aliphatic carbocycles. The molecule has 2 aliphatic heterocycles. The number of piperidine rings is 1. The van der Waals surface area contributed by atoms with Crippen LogP contribution in [0.25, 0.3) is 11.3 Å². The first-order valence-electron chi connectivity index (χ1n) is 15.8. The van der Waals surface area contributed by atoms with Gasteiger partial charge >= 0.3 is 6.09 Å². The number of hydrogen-bond donors (Lipinski definition) is 1. The summed E-state index contributed by atoms with van der Waals surface area (Å²) in [6.07, 6.45) is 1.82. The van der Waals surface area contributed by atoms with E-state index in [0.29, 0.717) is 31.5 Å². The smallest absolute Gasteiger partial charge is 0.379 e. The summed E-state index contributed by atoms with van der Waals surface area (Å²) in [5.74, 6) is 0.674. The number of halogens is 1. The Hall–Kier alpha value is -3.31. The number of morpholine rings is 1. The lowest BCUT2D eigenvalue weighted by Gasteiger charge is -2.42. The summed E-state index contributed by atoms with van der Waals surface area (Å²) in [7, 11) is 0. The summed E-state index contributed by atoms with van der Waals surface area (Å²) in [4.78, 5) is 29.2. The van der Waals surface area contributed by atoms with Crippen molar-refractivity contribution in [1.29, 1.82) is 0 Å². The zero-order chi connectivity index (χ0) is 31.1. The van der Waals surface area contributed by atoms with E-state index < -0.39 is 23.7 Å². The lowest BCUT2D eigenvalue weighted by atomic mass is 9.84. The number of alkyl halides is 1. The van der Waals surface area contributed by atoms with Crippen LogP contribution in [0, 0.1) is 5.41 Å². The van der Waals surface area contributed by atoms with Crippen molar-refractivity contribution in [2.45, 2.75) is 58.4 Å². The predicted octanol–water partition coefficient (Wildman–Crippen LogP) is 5.13. The number of aromatic nitrogens is 2. The fraction of sp³-hybridized carbons (Fsp3) is 0.529. The van der Waals surface area contributed by atoms with E-state index in [9.17, 15) is 4.79 Å². The molecule has 2 aliphatic rings. The van der Waals surface area contributed by atoms with Crippen LogP contribution in [0.5, 0.6) is 0 Å². The molecular weight excluding hydrogens is 559 g/mol. The van der Waals surface area contributed by atoms with Crippen LogP contribution in [0.3, 0.4) is 0 Å².